The highest BCUT2D eigenvalue weighted by Crippen LogP contribution is 2.27. The number of para-hydroxylation sites is 1. The summed E-state index contributed by atoms with van der Waals surface area (Å²) < 4.78 is 1.10. The number of hydrogen-bond acceptors (Lipinski definition) is 4. The monoisotopic (exact) mass is 222 g/mol. The van der Waals surface area contributed by atoms with Crippen molar-refractivity contribution in [3.63, 3.8) is 0 Å². The number of carbonyl (C=O) groups excluding carboxylic acids is 1. The quantitative estimate of drug-likeness (QED) is 0.731. The van der Waals surface area contributed by atoms with Crippen LogP contribution in [0.1, 0.15) is 17.8 Å². The Hall–Kier alpha value is -1.00. The fourth-order valence-electron chi connectivity index (χ4n) is 1.18. The third-order valence-electron chi connectivity index (χ3n) is 2.03. The van der Waals surface area contributed by atoms with Crippen molar-refractivity contribution in [2.45, 2.75) is 12.8 Å². The van der Waals surface area contributed by atoms with Crippen molar-refractivity contribution >= 4 is 39.3 Å². The second-order valence-corrected chi connectivity index (χ2v) is 4.53. The molecule has 0 spiro atoms. The van der Waals surface area contributed by atoms with Crippen LogP contribution >= 0.6 is 11.3 Å². The minimum absolute atomic E-state index is 0.246. The van der Waals surface area contributed by atoms with Crippen LogP contribution in [-0.4, -0.2) is 10.1 Å². The molecule has 4 heteroatoms. The summed E-state index contributed by atoms with van der Waals surface area (Å²) in [6, 6.07) is 7.84. The van der Waals surface area contributed by atoms with Gasteiger partial charge in [-0.1, -0.05) is 19.1 Å². The molecule has 2 rings (SSSR count). The lowest BCUT2D eigenvalue weighted by Gasteiger charge is -2.09. The number of aromatic nitrogens is 1. The summed E-state index contributed by atoms with van der Waals surface area (Å²) in [5.74, 6) is -0.262. The largest absolute Gasteiger partial charge is 0.741 e. The van der Waals surface area contributed by atoms with Crippen LogP contribution in [0.4, 0.5) is 0 Å². The smallest absolute Gasteiger partial charge is 0.102 e. The number of thiazole rings is 1. The predicted molar refractivity (Wildman–Crippen MR) is 60.4 cm³/mol. The molecule has 0 fully saturated rings. The van der Waals surface area contributed by atoms with Crippen molar-refractivity contribution in [1.82, 2.24) is 4.98 Å². The Morgan fingerprint density at radius 1 is 1.50 bits per heavy atom. The first-order valence-corrected chi connectivity index (χ1v) is 5.47. The Morgan fingerprint density at radius 3 is 2.86 bits per heavy atom. The van der Waals surface area contributed by atoms with Gasteiger partial charge in [0.25, 0.3) is 0 Å². The topological polar surface area (TPSA) is 30.0 Å². The van der Waals surface area contributed by atoms with E-state index in [2.05, 4.69) is 17.6 Å². The molecular formula is C10H8NOS2-. The molecule has 0 radical (unpaired) electrons. The zero-order valence-corrected chi connectivity index (χ0v) is 9.19. The van der Waals surface area contributed by atoms with Crippen LogP contribution in [-0.2, 0) is 17.4 Å². The van der Waals surface area contributed by atoms with E-state index in [-0.39, 0.29) is 11.0 Å². The molecule has 14 heavy (non-hydrogen) atoms. The number of hydrogen-bond donors (Lipinski definition) is 0. The number of rotatable bonds is 2. The highest BCUT2D eigenvalue weighted by atomic mass is 32.1. The molecule has 0 aliphatic rings. The first-order chi connectivity index (χ1) is 6.68. The number of fused-ring (bicyclic) bond motifs is 1. The average molecular weight is 222 g/mol. The molecule has 2 aromatic rings. The number of carbonyl (C=O) groups is 1. The minimum Gasteiger partial charge on any atom is -0.741 e. The van der Waals surface area contributed by atoms with Gasteiger partial charge in [0.1, 0.15) is 5.01 Å². The molecule has 0 saturated carbocycles. The molecule has 1 atom stereocenters. The predicted octanol–water partition coefficient (Wildman–Crippen LogP) is 2.47. The summed E-state index contributed by atoms with van der Waals surface area (Å²) in [6.45, 7) is 1.80. The van der Waals surface area contributed by atoms with E-state index in [1.807, 2.05) is 24.3 Å². The number of benzene rings is 1. The van der Waals surface area contributed by atoms with Gasteiger partial charge >= 0.3 is 0 Å². The van der Waals surface area contributed by atoms with Crippen molar-refractivity contribution in [1.29, 1.82) is 0 Å². The molecular weight excluding hydrogens is 214 g/mol. The first kappa shape index (κ1) is 9.55. The van der Waals surface area contributed by atoms with Crippen LogP contribution in [0.25, 0.3) is 10.2 Å². The maximum Gasteiger partial charge on any atom is 0.102 e. The van der Waals surface area contributed by atoms with Gasteiger partial charge in [-0.05, 0) is 12.1 Å². The minimum atomic E-state index is -0.262. The standard InChI is InChI=1S/C10H9NOS2/c1-6(10(12)13)9-11-7-4-2-3-5-8(7)14-9/h2-6H,1H3,(H,12,13)/p-1. The lowest BCUT2D eigenvalue weighted by atomic mass is 10.2. The van der Waals surface area contributed by atoms with Gasteiger partial charge in [-0.2, -0.15) is 0 Å². The maximum atomic E-state index is 11.0. The van der Waals surface area contributed by atoms with Gasteiger partial charge in [0.05, 0.1) is 10.2 Å². The van der Waals surface area contributed by atoms with Gasteiger partial charge in [0, 0.05) is 11.0 Å². The van der Waals surface area contributed by atoms with Gasteiger partial charge in [-0.15, -0.1) is 11.3 Å². The van der Waals surface area contributed by atoms with E-state index in [9.17, 15) is 4.79 Å². The van der Waals surface area contributed by atoms with E-state index in [1.165, 1.54) is 11.3 Å². The van der Waals surface area contributed by atoms with Crippen molar-refractivity contribution in [2.24, 2.45) is 0 Å². The Labute approximate surface area is 91.4 Å². The van der Waals surface area contributed by atoms with Gasteiger partial charge in [0.15, 0.2) is 0 Å². The highest BCUT2D eigenvalue weighted by Gasteiger charge is 2.11. The van der Waals surface area contributed by atoms with Crippen molar-refractivity contribution in [2.75, 3.05) is 0 Å². The third kappa shape index (κ3) is 1.63. The van der Waals surface area contributed by atoms with E-state index >= 15 is 0 Å². The Balaban J connectivity index is 2.50. The van der Waals surface area contributed by atoms with Crippen molar-refractivity contribution in [3.05, 3.63) is 29.3 Å². The van der Waals surface area contributed by atoms with Crippen molar-refractivity contribution < 1.29 is 4.79 Å². The Bertz CT molecular complexity index is 445. The molecule has 0 saturated heterocycles. The molecule has 1 heterocycles. The lowest BCUT2D eigenvalue weighted by molar-refractivity contribution is -0.111. The SMILES string of the molecule is CC(C(=O)[S-])c1nc2ccccc2s1. The summed E-state index contributed by atoms with van der Waals surface area (Å²) in [4.78, 5) is 15.4. The molecule has 0 aliphatic heterocycles. The molecule has 0 N–H and O–H groups in total. The van der Waals surface area contributed by atoms with Crippen LogP contribution < -0.4 is 0 Å². The Kier molecular flexibility index (Phi) is 2.48. The first-order valence-electron chi connectivity index (χ1n) is 4.25. The molecule has 1 aromatic carbocycles. The fourth-order valence-corrected chi connectivity index (χ4v) is 2.38. The second kappa shape index (κ2) is 3.63. The van der Waals surface area contributed by atoms with Crippen molar-refractivity contribution in [3.8, 4) is 0 Å². The molecule has 0 bridgehead atoms. The van der Waals surface area contributed by atoms with Crippen LogP contribution in [0, 0.1) is 0 Å². The normalized spacial score (nSPS) is 12.9. The van der Waals surface area contributed by atoms with Gasteiger partial charge in [-0.3, -0.25) is 0 Å². The average Bonchev–Trinajstić information content (AvgIpc) is 2.59. The maximum absolute atomic E-state index is 11.0. The molecule has 0 amide bonds. The fraction of sp³-hybridized carbons (Fsp3) is 0.200. The summed E-state index contributed by atoms with van der Waals surface area (Å²) >= 11 is 6.15. The zero-order chi connectivity index (χ0) is 10.1. The van der Waals surface area contributed by atoms with E-state index in [1.54, 1.807) is 6.92 Å². The molecule has 2 nitrogen and oxygen atoms in total. The van der Waals surface area contributed by atoms with E-state index in [0.29, 0.717) is 0 Å². The van der Waals surface area contributed by atoms with Crippen LogP contribution in [0.3, 0.4) is 0 Å². The van der Waals surface area contributed by atoms with Crippen LogP contribution in [0.2, 0.25) is 0 Å². The van der Waals surface area contributed by atoms with Gasteiger partial charge in [-0.25, -0.2) is 4.98 Å². The third-order valence-corrected chi connectivity index (χ3v) is 3.61. The Morgan fingerprint density at radius 2 is 2.21 bits per heavy atom. The summed E-state index contributed by atoms with van der Waals surface area (Å²) in [7, 11) is 0. The molecule has 0 aliphatic carbocycles. The molecule has 1 aromatic heterocycles. The van der Waals surface area contributed by atoms with Gasteiger partial charge in [0.2, 0.25) is 0 Å². The zero-order valence-electron chi connectivity index (χ0n) is 7.56. The molecule has 1 unspecified atom stereocenters. The number of nitrogens with zero attached hydrogens (tertiary/aromatic N) is 1. The highest BCUT2D eigenvalue weighted by molar-refractivity contribution is 7.77. The summed E-state index contributed by atoms with van der Waals surface area (Å²) in [5.41, 5.74) is 0.940. The second-order valence-electron chi connectivity index (χ2n) is 3.06. The van der Waals surface area contributed by atoms with E-state index in [0.717, 1.165) is 15.2 Å². The van der Waals surface area contributed by atoms with E-state index in [4.69, 9.17) is 0 Å². The van der Waals surface area contributed by atoms with Crippen LogP contribution in [0.15, 0.2) is 24.3 Å². The van der Waals surface area contributed by atoms with Crippen LogP contribution in [0.5, 0.6) is 0 Å². The van der Waals surface area contributed by atoms with E-state index < -0.39 is 0 Å². The summed E-state index contributed by atoms with van der Waals surface area (Å²) in [6.07, 6.45) is 0. The van der Waals surface area contributed by atoms with Gasteiger partial charge < -0.3 is 17.4 Å². The summed E-state index contributed by atoms with van der Waals surface area (Å²) in [5, 5.41) is 0.565. The molecule has 72 valence electrons. The lowest BCUT2D eigenvalue weighted by Crippen LogP contribution is -2.03.